The van der Waals surface area contributed by atoms with Crippen LogP contribution in [0.5, 0.6) is 0 Å². The highest BCUT2D eigenvalue weighted by Crippen LogP contribution is 2.17. The zero-order valence-electron chi connectivity index (χ0n) is 14.9. The molecule has 136 valence electrons. The van der Waals surface area contributed by atoms with Gasteiger partial charge >= 0.3 is 0 Å². The average Bonchev–Trinajstić information content (AvgIpc) is 2.67. The maximum atomic E-state index is 12.5. The molecule has 2 aliphatic heterocycles. The third-order valence-corrected chi connectivity index (χ3v) is 4.86. The number of benzene rings is 1. The Hall–Kier alpha value is -1.85. The van der Waals surface area contributed by atoms with Gasteiger partial charge in [0.2, 0.25) is 0 Å². The van der Waals surface area contributed by atoms with Crippen LogP contribution in [0.4, 0.5) is 0 Å². The molecule has 2 heterocycles. The van der Waals surface area contributed by atoms with Crippen molar-refractivity contribution in [2.75, 3.05) is 26.3 Å². The van der Waals surface area contributed by atoms with Crippen LogP contribution in [0.1, 0.15) is 31.7 Å². The minimum atomic E-state index is -0.0182. The molecule has 0 unspecified atom stereocenters. The van der Waals surface area contributed by atoms with E-state index in [0.29, 0.717) is 13.2 Å². The molecule has 2 aliphatic rings. The molecule has 1 N–H and O–H groups in total. The van der Waals surface area contributed by atoms with Gasteiger partial charge in [-0.3, -0.25) is 9.69 Å². The van der Waals surface area contributed by atoms with Crippen LogP contribution < -0.4 is 5.32 Å². The average molecular weight is 344 g/mol. The zero-order chi connectivity index (χ0) is 17.5. The van der Waals surface area contributed by atoms with Crippen molar-refractivity contribution in [1.82, 2.24) is 10.2 Å². The van der Waals surface area contributed by atoms with E-state index in [9.17, 15) is 4.79 Å². The van der Waals surface area contributed by atoms with E-state index >= 15 is 0 Å². The van der Waals surface area contributed by atoms with Gasteiger partial charge < -0.3 is 14.8 Å². The fraction of sp³-hybridized carbons (Fsp3) is 0.550. The number of carbonyl (C=O) groups excluding carboxylic acids is 1. The minimum Gasteiger partial charge on any atom is -0.501 e. The number of ether oxygens (including phenoxy) is 2. The van der Waals surface area contributed by atoms with E-state index in [2.05, 4.69) is 41.4 Å². The molecule has 25 heavy (non-hydrogen) atoms. The first-order chi connectivity index (χ1) is 12.3. The summed E-state index contributed by atoms with van der Waals surface area (Å²) in [4.78, 5) is 14.9. The number of hydrogen-bond acceptors (Lipinski definition) is 4. The van der Waals surface area contributed by atoms with E-state index in [4.69, 9.17) is 9.47 Å². The Morgan fingerprint density at radius 3 is 2.88 bits per heavy atom. The summed E-state index contributed by atoms with van der Waals surface area (Å²) in [6.07, 6.45) is 4.17. The molecule has 0 aliphatic carbocycles. The lowest BCUT2D eigenvalue weighted by atomic mass is 10.0. The van der Waals surface area contributed by atoms with Gasteiger partial charge in [0.15, 0.2) is 0 Å². The van der Waals surface area contributed by atoms with Crippen LogP contribution in [-0.4, -0.2) is 49.3 Å². The third-order valence-electron chi connectivity index (χ3n) is 4.86. The molecule has 0 spiro atoms. The Kier molecular flexibility index (Phi) is 6.48. The van der Waals surface area contributed by atoms with Crippen LogP contribution in [0.15, 0.2) is 42.2 Å². The number of nitrogens with one attached hydrogen (secondary N) is 1. The quantitative estimate of drug-likeness (QED) is 0.861. The van der Waals surface area contributed by atoms with E-state index in [1.54, 1.807) is 6.26 Å². The highest BCUT2D eigenvalue weighted by molar-refractivity contribution is 5.93. The molecule has 1 fully saturated rings. The number of carbonyl (C=O) groups is 1. The van der Waals surface area contributed by atoms with Gasteiger partial charge in [-0.1, -0.05) is 37.3 Å². The molecule has 0 radical (unpaired) electrons. The maximum Gasteiger partial charge on any atom is 0.250 e. The van der Waals surface area contributed by atoms with E-state index < -0.39 is 0 Å². The minimum absolute atomic E-state index is 0.0182. The second-order valence-electron chi connectivity index (χ2n) is 6.74. The molecule has 1 aromatic rings. The highest BCUT2D eigenvalue weighted by atomic mass is 16.5. The molecular weight excluding hydrogens is 316 g/mol. The van der Waals surface area contributed by atoms with Gasteiger partial charge in [0.25, 0.3) is 5.91 Å². The molecular formula is C20H28N2O3. The molecule has 0 aromatic heterocycles. The van der Waals surface area contributed by atoms with Gasteiger partial charge in [0.1, 0.15) is 0 Å². The van der Waals surface area contributed by atoms with E-state index in [1.165, 1.54) is 5.56 Å². The number of nitrogens with zero attached hydrogens (tertiary/aromatic N) is 1. The molecule has 5 nitrogen and oxygen atoms in total. The first-order valence-electron chi connectivity index (χ1n) is 9.25. The van der Waals surface area contributed by atoms with Gasteiger partial charge in [-0.05, 0) is 24.8 Å². The molecule has 3 rings (SSSR count). The third kappa shape index (κ3) is 5.06. The Bertz CT molecular complexity index is 588. The van der Waals surface area contributed by atoms with Gasteiger partial charge in [-0.25, -0.2) is 0 Å². The van der Waals surface area contributed by atoms with Crippen molar-refractivity contribution >= 4 is 5.91 Å². The number of amides is 1. The summed E-state index contributed by atoms with van der Waals surface area (Å²) in [5.41, 5.74) is 2.05. The fourth-order valence-corrected chi connectivity index (χ4v) is 3.41. The first-order valence-corrected chi connectivity index (χ1v) is 9.25. The topological polar surface area (TPSA) is 50.8 Å². The van der Waals surface area contributed by atoms with Crippen molar-refractivity contribution in [3.8, 4) is 0 Å². The van der Waals surface area contributed by atoms with Crippen LogP contribution in [-0.2, 0) is 20.8 Å². The van der Waals surface area contributed by atoms with Crippen LogP contribution in [0.3, 0.4) is 0 Å². The predicted octanol–water partition coefficient (Wildman–Crippen LogP) is 2.48. The monoisotopic (exact) mass is 344 g/mol. The lowest BCUT2D eigenvalue weighted by molar-refractivity contribution is -0.121. The van der Waals surface area contributed by atoms with Crippen LogP contribution >= 0.6 is 0 Å². The highest BCUT2D eigenvalue weighted by Gasteiger charge is 2.29. The van der Waals surface area contributed by atoms with E-state index in [0.717, 1.165) is 44.5 Å². The first kappa shape index (κ1) is 18.0. The molecule has 2 atom stereocenters. The Labute approximate surface area is 150 Å². The summed E-state index contributed by atoms with van der Waals surface area (Å²) in [6.45, 7) is 6.18. The van der Waals surface area contributed by atoms with Crippen molar-refractivity contribution in [1.29, 1.82) is 0 Å². The summed E-state index contributed by atoms with van der Waals surface area (Å²) in [6, 6.07) is 10.5. The second kappa shape index (κ2) is 9.02. The van der Waals surface area contributed by atoms with Crippen molar-refractivity contribution in [2.45, 2.75) is 44.9 Å². The van der Waals surface area contributed by atoms with Crippen molar-refractivity contribution in [3.63, 3.8) is 0 Å². The predicted molar refractivity (Wildman–Crippen MR) is 96.9 cm³/mol. The summed E-state index contributed by atoms with van der Waals surface area (Å²) >= 11 is 0. The van der Waals surface area contributed by atoms with E-state index in [1.807, 2.05) is 6.07 Å². The van der Waals surface area contributed by atoms with Crippen LogP contribution in [0, 0.1) is 0 Å². The van der Waals surface area contributed by atoms with E-state index in [-0.39, 0.29) is 18.1 Å². The maximum absolute atomic E-state index is 12.5. The Morgan fingerprint density at radius 2 is 2.16 bits per heavy atom. The molecule has 1 amide bonds. The number of morpholine rings is 1. The lowest BCUT2D eigenvalue weighted by Gasteiger charge is -2.37. The largest absolute Gasteiger partial charge is 0.501 e. The van der Waals surface area contributed by atoms with Crippen LogP contribution in [0.2, 0.25) is 0 Å². The van der Waals surface area contributed by atoms with Crippen LogP contribution in [0.25, 0.3) is 0 Å². The normalized spacial score (nSPS) is 22.6. The lowest BCUT2D eigenvalue weighted by Crippen LogP contribution is -2.53. The molecule has 1 saturated heterocycles. The zero-order valence-corrected chi connectivity index (χ0v) is 14.9. The van der Waals surface area contributed by atoms with Gasteiger partial charge in [-0.2, -0.15) is 0 Å². The fourth-order valence-electron chi connectivity index (χ4n) is 3.41. The SMILES string of the molecule is CC[C@@H](NC(=O)C1=COCCC1)[C@H]1CN(Cc2ccccc2)CCO1. The smallest absolute Gasteiger partial charge is 0.250 e. The van der Waals surface area contributed by atoms with Crippen molar-refractivity contribution < 1.29 is 14.3 Å². The summed E-state index contributed by atoms with van der Waals surface area (Å²) in [5, 5.41) is 3.15. The summed E-state index contributed by atoms with van der Waals surface area (Å²) < 4.78 is 11.3. The molecule has 1 aromatic carbocycles. The van der Waals surface area contributed by atoms with Gasteiger partial charge in [0.05, 0.1) is 37.2 Å². The molecule has 0 saturated carbocycles. The number of rotatable bonds is 6. The summed E-state index contributed by atoms with van der Waals surface area (Å²) in [7, 11) is 0. The van der Waals surface area contributed by atoms with Gasteiger partial charge in [-0.15, -0.1) is 0 Å². The molecule has 5 heteroatoms. The molecule has 0 bridgehead atoms. The Morgan fingerprint density at radius 1 is 1.32 bits per heavy atom. The standard InChI is InChI=1S/C20H28N2O3/c1-2-18(21-20(23)17-9-6-11-24-15-17)19-14-22(10-12-25-19)13-16-7-4-3-5-8-16/h3-5,7-8,15,18-19H,2,6,9-14H2,1H3,(H,21,23)/t18-,19-/m1/s1. The Balaban J connectivity index is 1.56. The second-order valence-corrected chi connectivity index (χ2v) is 6.74. The number of hydrogen-bond donors (Lipinski definition) is 1. The van der Waals surface area contributed by atoms with Gasteiger partial charge in [0, 0.05) is 19.6 Å². The summed E-state index contributed by atoms with van der Waals surface area (Å²) in [5.74, 6) is -0.0182. The van der Waals surface area contributed by atoms with Crippen molar-refractivity contribution in [2.24, 2.45) is 0 Å². The van der Waals surface area contributed by atoms with Crippen molar-refractivity contribution in [3.05, 3.63) is 47.7 Å².